The molecule has 2 N–H and O–H groups in total. The fourth-order valence-electron chi connectivity index (χ4n) is 2.82. The van der Waals surface area contributed by atoms with Gasteiger partial charge in [0.25, 0.3) is 0 Å². The SMILES string of the molecule is Cc1ccc(N(CCCN)CC2CCC(C)(C)O2)cc1. The number of hydrogen-bond donors (Lipinski definition) is 1. The zero-order valence-corrected chi connectivity index (χ0v) is 13.1. The summed E-state index contributed by atoms with van der Waals surface area (Å²) in [4.78, 5) is 2.42. The summed E-state index contributed by atoms with van der Waals surface area (Å²) in [5.41, 5.74) is 8.28. The van der Waals surface area contributed by atoms with Gasteiger partial charge in [-0.25, -0.2) is 0 Å². The molecular weight excluding hydrogens is 248 g/mol. The molecule has 0 aromatic heterocycles. The average molecular weight is 276 g/mol. The van der Waals surface area contributed by atoms with E-state index in [1.165, 1.54) is 11.3 Å². The third kappa shape index (κ3) is 4.22. The van der Waals surface area contributed by atoms with Gasteiger partial charge in [0.05, 0.1) is 11.7 Å². The van der Waals surface area contributed by atoms with Crippen molar-refractivity contribution in [2.75, 3.05) is 24.5 Å². The molecule has 0 radical (unpaired) electrons. The number of anilines is 1. The predicted molar refractivity (Wildman–Crippen MR) is 85.2 cm³/mol. The second kappa shape index (κ2) is 6.59. The third-order valence-corrected chi connectivity index (χ3v) is 4.01. The van der Waals surface area contributed by atoms with E-state index in [2.05, 4.69) is 49.9 Å². The molecule has 0 aliphatic carbocycles. The monoisotopic (exact) mass is 276 g/mol. The van der Waals surface area contributed by atoms with E-state index in [0.717, 1.165) is 38.9 Å². The largest absolute Gasteiger partial charge is 0.371 e. The molecule has 0 amide bonds. The Balaban J connectivity index is 2.02. The number of ether oxygens (including phenoxy) is 1. The van der Waals surface area contributed by atoms with Gasteiger partial charge in [0, 0.05) is 18.8 Å². The molecule has 3 heteroatoms. The van der Waals surface area contributed by atoms with Gasteiger partial charge < -0.3 is 15.4 Å². The quantitative estimate of drug-likeness (QED) is 0.867. The van der Waals surface area contributed by atoms with Gasteiger partial charge in [0.2, 0.25) is 0 Å². The maximum atomic E-state index is 6.13. The number of benzene rings is 1. The zero-order chi connectivity index (χ0) is 14.6. The van der Waals surface area contributed by atoms with Crippen molar-refractivity contribution in [1.29, 1.82) is 0 Å². The molecule has 1 aromatic rings. The summed E-state index contributed by atoms with van der Waals surface area (Å²) in [5.74, 6) is 0. The van der Waals surface area contributed by atoms with Gasteiger partial charge in [-0.05, 0) is 58.7 Å². The Bertz CT molecular complexity index is 414. The van der Waals surface area contributed by atoms with E-state index in [1.807, 2.05) is 0 Å². The van der Waals surface area contributed by atoms with Crippen LogP contribution in [0.2, 0.25) is 0 Å². The van der Waals surface area contributed by atoms with Crippen LogP contribution in [0.15, 0.2) is 24.3 Å². The van der Waals surface area contributed by atoms with Gasteiger partial charge in [-0.1, -0.05) is 17.7 Å². The molecule has 1 atom stereocenters. The Kier molecular flexibility index (Phi) is 5.06. The number of aryl methyl sites for hydroxylation is 1. The van der Waals surface area contributed by atoms with Gasteiger partial charge in [-0.15, -0.1) is 0 Å². The van der Waals surface area contributed by atoms with E-state index in [4.69, 9.17) is 10.5 Å². The van der Waals surface area contributed by atoms with E-state index in [-0.39, 0.29) is 5.60 Å². The standard InChI is InChI=1S/C17H28N2O/c1-14-5-7-15(8-6-14)19(12-4-11-18)13-16-9-10-17(2,3)20-16/h5-8,16H,4,9-13,18H2,1-3H3. The minimum absolute atomic E-state index is 0.0392. The average Bonchev–Trinajstić information content (AvgIpc) is 2.75. The molecule has 3 nitrogen and oxygen atoms in total. The molecule has 1 aliphatic heterocycles. The lowest BCUT2D eigenvalue weighted by Gasteiger charge is -2.29. The first-order valence-electron chi connectivity index (χ1n) is 7.70. The minimum atomic E-state index is 0.0392. The van der Waals surface area contributed by atoms with Crippen LogP contribution >= 0.6 is 0 Å². The molecule has 1 unspecified atom stereocenters. The molecule has 112 valence electrons. The van der Waals surface area contributed by atoms with Crippen molar-refractivity contribution in [2.45, 2.75) is 51.7 Å². The van der Waals surface area contributed by atoms with Crippen LogP contribution in [0.25, 0.3) is 0 Å². The summed E-state index contributed by atoms with van der Waals surface area (Å²) in [6, 6.07) is 8.74. The second-order valence-electron chi connectivity index (χ2n) is 6.46. The van der Waals surface area contributed by atoms with Crippen LogP contribution in [-0.4, -0.2) is 31.3 Å². The van der Waals surface area contributed by atoms with Crippen LogP contribution < -0.4 is 10.6 Å². The van der Waals surface area contributed by atoms with E-state index in [9.17, 15) is 0 Å². The summed E-state index contributed by atoms with van der Waals surface area (Å²) < 4.78 is 6.13. The maximum Gasteiger partial charge on any atom is 0.0758 e. The number of nitrogens with zero attached hydrogens (tertiary/aromatic N) is 1. The lowest BCUT2D eigenvalue weighted by Crippen LogP contribution is -2.35. The number of hydrogen-bond acceptors (Lipinski definition) is 3. The Hall–Kier alpha value is -1.06. The van der Waals surface area contributed by atoms with E-state index >= 15 is 0 Å². The molecule has 2 rings (SSSR count). The highest BCUT2D eigenvalue weighted by Crippen LogP contribution is 2.30. The van der Waals surface area contributed by atoms with Gasteiger partial charge in [0.15, 0.2) is 0 Å². The molecule has 1 aromatic carbocycles. The Morgan fingerprint density at radius 1 is 1.30 bits per heavy atom. The smallest absolute Gasteiger partial charge is 0.0758 e. The summed E-state index contributed by atoms with van der Waals surface area (Å²) in [5, 5.41) is 0. The van der Waals surface area contributed by atoms with Crippen molar-refractivity contribution in [1.82, 2.24) is 0 Å². The minimum Gasteiger partial charge on any atom is -0.371 e. The van der Waals surface area contributed by atoms with Crippen LogP contribution in [-0.2, 0) is 4.74 Å². The molecule has 0 saturated carbocycles. The topological polar surface area (TPSA) is 38.5 Å². The van der Waals surface area contributed by atoms with E-state index in [0.29, 0.717) is 6.10 Å². The highest BCUT2D eigenvalue weighted by atomic mass is 16.5. The zero-order valence-electron chi connectivity index (χ0n) is 13.1. The lowest BCUT2D eigenvalue weighted by molar-refractivity contribution is -0.0115. The fourth-order valence-corrected chi connectivity index (χ4v) is 2.82. The van der Waals surface area contributed by atoms with Crippen molar-refractivity contribution < 1.29 is 4.74 Å². The first-order chi connectivity index (χ1) is 9.50. The molecule has 20 heavy (non-hydrogen) atoms. The lowest BCUT2D eigenvalue weighted by atomic mass is 10.1. The Morgan fingerprint density at radius 2 is 2.00 bits per heavy atom. The van der Waals surface area contributed by atoms with Crippen LogP contribution in [0.1, 0.15) is 38.7 Å². The van der Waals surface area contributed by atoms with Gasteiger partial charge in [-0.3, -0.25) is 0 Å². The fraction of sp³-hybridized carbons (Fsp3) is 0.647. The summed E-state index contributed by atoms with van der Waals surface area (Å²) in [6.07, 6.45) is 3.65. The molecule has 1 fully saturated rings. The Labute approximate surface area is 123 Å². The van der Waals surface area contributed by atoms with Gasteiger partial charge in [-0.2, -0.15) is 0 Å². The summed E-state index contributed by atoms with van der Waals surface area (Å²) >= 11 is 0. The first kappa shape index (κ1) is 15.3. The first-order valence-corrected chi connectivity index (χ1v) is 7.70. The van der Waals surface area contributed by atoms with Crippen LogP contribution in [0.4, 0.5) is 5.69 Å². The van der Waals surface area contributed by atoms with Gasteiger partial charge in [0.1, 0.15) is 0 Å². The highest BCUT2D eigenvalue weighted by molar-refractivity contribution is 5.47. The van der Waals surface area contributed by atoms with E-state index in [1.54, 1.807) is 0 Å². The number of rotatable bonds is 6. The van der Waals surface area contributed by atoms with Crippen LogP contribution in [0.5, 0.6) is 0 Å². The van der Waals surface area contributed by atoms with Crippen LogP contribution in [0, 0.1) is 6.92 Å². The molecule has 0 bridgehead atoms. The molecular formula is C17H28N2O. The molecule has 1 heterocycles. The van der Waals surface area contributed by atoms with Crippen LogP contribution in [0.3, 0.4) is 0 Å². The maximum absolute atomic E-state index is 6.13. The number of nitrogens with two attached hydrogens (primary N) is 1. The molecule has 1 saturated heterocycles. The third-order valence-electron chi connectivity index (χ3n) is 4.01. The summed E-state index contributed by atoms with van der Waals surface area (Å²) in [6.45, 7) is 9.19. The van der Waals surface area contributed by atoms with Gasteiger partial charge >= 0.3 is 0 Å². The molecule has 1 aliphatic rings. The predicted octanol–water partition coefficient (Wildman–Crippen LogP) is 3.11. The van der Waals surface area contributed by atoms with Crippen molar-refractivity contribution in [2.24, 2.45) is 5.73 Å². The van der Waals surface area contributed by atoms with Crippen molar-refractivity contribution in [3.05, 3.63) is 29.8 Å². The highest BCUT2D eigenvalue weighted by Gasteiger charge is 2.32. The van der Waals surface area contributed by atoms with E-state index < -0.39 is 0 Å². The summed E-state index contributed by atoms with van der Waals surface area (Å²) in [7, 11) is 0. The molecule has 0 spiro atoms. The van der Waals surface area contributed by atoms with Crippen molar-refractivity contribution in [3.63, 3.8) is 0 Å². The van der Waals surface area contributed by atoms with Crippen molar-refractivity contribution >= 4 is 5.69 Å². The second-order valence-corrected chi connectivity index (χ2v) is 6.46. The normalized spacial score (nSPS) is 21.1. The Morgan fingerprint density at radius 3 is 2.55 bits per heavy atom. The van der Waals surface area contributed by atoms with Crippen molar-refractivity contribution in [3.8, 4) is 0 Å².